The molecule has 1 heterocycles. The molecular formula is C22H20N2O4. The van der Waals surface area contributed by atoms with Crippen molar-refractivity contribution in [3.8, 4) is 23.0 Å². The van der Waals surface area contributed by atoms with Crippen molar-refractivity contribution in [3.63, 3.8) is 0 Å². The molecule has 4 N–H and O–H groups in total. The minimum absolute atomic E-state index is 0.0111. The first-order valence-corrected chi connectivity index (χ1v) is 8.83. The van der Waals surface area contributed by atoms with E-state index >= 15 is 0 Å². The maximum Gasteiger partial charge on any atom is 0.231 e. The first-order valence-electron chi connectivity index (χ1n) is 8.83. The van der Waals surface area contributed by atoms with Gasteiger partial charge in [0.2, 0.25) is 6.79 Å². The lowest BCUT2D eigenvalue weighted by atomic mass is 9.83. The van der Waals surface area contributed by atoms with Crippen LogP contribution in [0.4, 0.5) is 0 Å². The van der Waals surface area contributed by atoms with E-state index in [1.54, 1.807) is 13.0 Å². The smallest absolute Gasteiger partial charge is 0.231 e. The fraction of sp³-hybridized carbons (Fsp3) is 0.136. The highest BCUT2D eigenvalue weighted by Crippen LogP contribution is 2.39. The third-order valence-corrected chi connectivity index (χ3v) is 4.87. The maximum absolute atomic E-state index is 10.5. The normalized spacial score (nSPS) is 14.1. The third kappa shape index (κ3) is 3.09. The monoisotopic (exact) mass is 376 g/mol. The summed E-state index contributed by atoms with van der Waals surface area (Å²) in [6.45, 7) is 1.94. The fourth-order valence-corrected chi connectivity index (χ4v) is 3.44. The number of hydrogen-bond acceptors (Lipinski definition) is 6. The molecule has 0 radical (unpaired) electrons. The second-order valence-corrected chi connectivity index (χ2v) is 6.63. The Morgan fingerprint density at radius 2 is 1.68 bits per heavy atom. The van der Waals surface area contributed by atoms with Crippen molar-refractivity contribution in [2.75, 3.05) is 6.79 Å². The van der Waals surface area contributed by atoms with Crippen LogP contribution in [0.2, 0.25) is 0 Å². The average molecular weight is 376 g/mol. The topological polar surface area (TPSA) is 97.3 Å². The van der Waals surface area contributed by atoms with Crippen molar-refractivity contribution in [1.29, 1.82) is 0 Å². The van der Waals surface area contributed by atoms with Crippen LogP contribution in [0.25, 0.3) is 0 Å². The van der Waals surface area contributed by atoms with Gasteiger partial charge in [0, 0.05) is 11.6 Å². The Balaban J connectivity index is 1.89. The second kappa shape index (κ2) is 7.15. The molecule has 0 aromatic heterocycles. The molecule has 0 saturated heterocycles. The Hall–Kier alpha value is -3.67. The van der Waals surface area contributed by atoms with Crippen molar-refractivity contribution in [1.82, 2.24) is 0 Å². The molecule has 0 spiro atoms. The van der Waals surface area contributed by atoms with Crippen molar-refractivity contribution >= 4 is 5.71 Å². The minimum Gasteiger partial charge on any atom is -0.508 e. The van der Waals surface area contributed by atoms with Crippen LogP contribution in [-0.2, 0) is 0 Å². The number of nitrogens with zero attached hydrogens (tertiary/aromatic N) is 1. The number of nitrogens with two attached hydrogens (primary N) is 1. The zero-order valence-electron chi connectivity index (χ0n) is 15.3. The second-order valence-electron chi connectivity index (χ2n) is 6.63. The van der Waals surface area contributed by atoms with Crippen molar-refractivity contribution in [2.45, 2.75) is 12.8 Å². The van der Waals surface area contributed by atoms with E-state index in [4.69, 9.17) is 15.3 Å². The van der Waals surface area contributed by atoms with Crippen LogP contribution >= 0.6 is 0 Å². The number of rotatable bonds is 4. The van der Waals surface area contributed by atoms with Gasteiger partial charge in [-0.15, -0.1) is 0 Å². The molecule has 3 aromatic rings. The van der Waals surface area contributed by atoms with E-state index < -0.39 is 0 Å². The van der Waals surface area contributed by atoms with Crippen molar-refractivity contribution < 1.29 is 19.7 Å². The van der Waals surface area contributed by atoms with Gasteiger partial charge in [0.15, 0.2) is 11.5 Å². The first-order chi connectivity index (χ1) is 13.6. The molecule has 3 aromatic carbocycles. The summed E-state index contributed by atoms with van der Waals surface area (Å²) in [6.07, 6.45) is 0. The maximum atomic E-state index is 10.5. The molecule has 0 bridgehead atoms. The van der Waals surface area contributed by atoms with E-state index in [0.717, 1.165) is 11.1 Å². The summed E-state index contributed by atoms with van der Waals surface area (Å²) >= 11 is 0. The van der Waals surface area contributed by atoms with E-state index in [1.165, 1.54) is 6.07 Å². The van der Waals surface area contributed by atoms with Crippen LogP contribution in [0.1, 0.15) is 28.2 Å². The van der Waals surface area contributed by atoms with Gasteiger partial charge < -0.3 is 25.5 Å². The number of hydrazone groups is 1. The van der Waals surface area contributed by atoms with Gasteiger partial charge in [-0.3, -0.25) is 0 Å². The lowest BCUT2D eigenvalue weighted by Crippen LogP contribution is -2.18. The summed E-state index contributed by atoms with van der Waals surface area (Å²) in [7, 11) is 0. The summed E-state index contributed by atoms with van der Waals surface area (Å²) in [5, 5.41) is 24.4. The third-order valence-electron chi connectivity index (χ3n) is 4.87. The highest BCUT2D eigenvalue weighted by Gasteiger charge is 2.27. The van der Waals surface area contributed by atoms with E-state index in [9.17, 15) is 10.2 Å². The van der Waals surface area contributed by atoms with Crippen LogP contribution in [0.3, 0.4) is 0 Å². The summed E-state index contributed by atoms with van der Waals surface area (Å²) in [6, 6.07) is 18.4. The van der Waals surface area contributed by atoms with Crippen molar-refractivity contribution in [2.24, 2.45) is 10.9 Å². The Morgan fingerprint density at radius 1 is 0.929 bits per heavy atom. The predicted molar refractivity (Wildman–Crippen MR) is 106 cm³/mol. The van der Waals surface area contributed by atoms with Gasteiger partial charge in [0.1, 0.15) is 11.5 Å². The number of hydrogen-bond donors (Lipinski definition) is 3. The van der Waals surface area contributed by atoms with Crippen LogP contribution in [0.5, 0.6) is 23.0 Å². The molecule has 1 aliphatic heterocycles. The van der Waals surface area contributed by atoms with E-state index in [-0.39, 0.29) is 24.2 Å². The molecule has 142 valence electrons. The molecule has 4 rings (SSSR count). The Morgan fingerprint density at radius 3 is 2.43 bits per heavy atom. The molecule has 6 heteroatoms. The minimum atomic E-state index is -0.351. The van der Waals surface area contributed by atoms with E-state index in [0.29, 0.717) is 28.3 Å². The lowest BCUT2D eigenvalue weighted by Gasteiger charge is -2.21. The van der Waals surface area contributed by atoms with Crippen LogP contribution in [0, 0.1) is 6.92 Å². The molecule has 0 fully saturated rings. The first kappa shape index (κ1) is 17.7. The Kier molecular flexibility index (Phi) is 4.53. The number of phenols is 2. The molecule has 1 unspecified atom stereocenters. The van der Waals surface area contributed by atoms with E-state index in [2.05, 4.69) is 5.10 Å². The highest BCUT2D eigenvalue weighted by molar-refractivity contribution is 6.09. The van der Waals surface area contributed by atoms with Gasteiger partial charge in [-0.1, -0.05) is 36.4 Å². The number of phenolic OH excluding ortho intramolecular Hbond substituents is 2. The highest BCUT2D eigenvalue weighted by atomic mass is 16.7. The largest absolute Gasteiger partial charge is 0.508 e. The summed E-state index contributed by atoms with van der Waals surface area (Å²) in [5.41, 5.74) is 3.40. The number of benzene rings is 3. The van der Waals surface area contributed by atoms with E-state index in [1.807, 2.05) is 48.5 Å². The molecular weight excluding hydrogens is 356 g/mol. The standard InChI is InChI=1S/C22H20N2O4/c1-13-9-16(18(26)11-17(13)25)22(24-23)21(14-5-3-2-4-6-14)15-7-8-19-20(10-15)28-12-27-19/h2-11,21,25-26H,12,23H2,1H3/b24-22-. The SMILES string of the molecule is Cc1cc(/C(=N/N)C(c2ccccc2)c2ccc3c(c2)OCO3)c(O)cc1O. The molecule has 1 aliphatic rings. The Bertz CT molecular complexity index is 1050. The molecule has 1 atom stereocenters. The molecule has 0 aliphatic carbocycles. The van der Waals surface area contributed by atoms with Gasteiger partial charge in [0.25, 0.3) is 0 Å². The number of aryl methyl sites for hydroxylation is 1. The van der Waals surface area contributed by atoms with Gasteiger partial charge in [-0.05, 0) is 41.8 Å². The number of fused-ring (bicyclic) bond motifs is 1. The van der Waals surface area contributed by atoms with Gasteiger partial charge in [0.05, 0.1) is 11.6 Å². The molecule has 0 amide bonds. The van der Waals surface area contributed by atoms with Crippen LogP contribution in [-0.4, -0.2) is 22.7 Å². The number of aromatic hydroxyl groups is 2. The zero-order valence-corrected chi connectivity index (χ0v) is 15.3. The number of ether oxygens (including phenoxy) is 2. The van der Waals surface area contributed by atoms with Gasteiger partial charge in [-0.2, -0.15) is 5.10 Å². The summed E-state index contributed by atoms with van der Waals surface area (Å²) in [4.78, 5) is 0. The molecule has 6 nitrogen and oxygen atoms in total. The average Bonchev–Trinajstić information content (AvgIpc) is 3.17. The van der Waals surface area contributed by atoms with Gasteiger partial charge in [-0.25, -0.2) is 0 Å². The Labute approximate surface area is 162 Å². The summed E-state index contributed by atoms with van der Waals surface area (Å²) < 4.78 is 10.9. The quantitative estimate of drug-likeness (QED) is 0.367. The van der Waals surface area contributed by atoms with Crippen LogP contribution < -0.4 is 15.3 Å². The predicted octanol–water partition coefficient (Wildman–Crippen LogP) is 3.63. The van der Waals surface area contributed by atoms with Crippen LogP contribution in [0.15, 0.2) is 65.8 Å². The van der Waals surface area contributed by atoms with Gasteiger partial charge >= 0.3 is 0 Å². The zero-order chi connectivity index (χ0) is 19.7. The van der Waals surface area contributed by atoms with Crippen molar-refractivity contribution in [3.05, 3.63) is 82.9 Å². The molecule has 0 saturated carbocycles. The lowest BCUT2D eigenvalue weighted by molar-refractivity contribution is 0.174. The molecule has 28 heavy (non-hydrogen) atoms. The summed E-state index contributed by atoms with van der Waals surface area (Å²) in [5.74, 6) is 6.72. The fourth-order valence-electron chi connectivity index (χ4n) is 3.44.